The summed E-state index contributed by atoms with van der Waals surface area (Å²) in [5, 5.41) is 18.0. The van der Waals surface area contributed by atoms with Crippen molar-refractivity contribution in [1.29, 1.82) is 0 Å². The lowest BCUT2D eigenvalue weighted by atomic mass is 10.1. The largest absolute Gasteiger partial charge is 0.480 e. The van der Waals surface area contributed by atoms with Crippen LogP contribution in [0.15, 0.2) is 4.52 Å². The van der Waals surface area contributed by atoms with E-state index < -0.39 is 18.0 Å². The highest BCUT2D eigenvalue weighted by atomic mass is 16.5. The number of urea groups is 1. The van der Waals surface area contributed by atoms with Gasteiger partial charge in [-0.2, -0.15) is 0 Å². The van der Waals surface area contributed by atoms with Gasteiger partial charge in [0.2, 0.25) is 0 Å². The first-order chi connectivity index (χ1) is 9.36. The molecule has 0 spiro atoms. The Morgan fingerprint density at radius 2 is 2.00 bits per heavy atom. The van der Waals surface area contributed by atoms with Gasteiger partial charge in [-0.3, -0.25) is 0 Å². The lowest BCUT2D eigenvalue weighted by molar-refractivity contribution is -0.139. The van der Waals surface area contributed by atoms with E-state index in [0.717, 1.165) is 5.56 Å². The summed E-state index contributed by atoms with van der Waals surface area (Å²) in [6.45, 7) is 7.21. The van der Waals surface area contributed by atoms with Crippen LogP contribution in [0.2, 0.25) is 0 Å². The maximum absolute atomic E-state index is 11.8. The van der Waals surface area contributed by atoms with E-state index in [9.17, 15) is 9.59 Å². The number of nitrogens with one attached hydrogen (secondary N) is 2. The minimum Gasteiger partial charge on any atom is -0.480 e. The molecule has 112 valence electrons. The van der Waals surface area contributed by atoms with E-state index >= 15 is 0 Å². The quantitative estimate of drug-likeness (QED) is 0.739. The van der Waals surface area contributed by atoms with Crippen molar-refractivity contribution in [3.8, 4) is 0 Å². The fraction of sp³-hybridized carbons (Fsp3) is 0.615. The lowest BCUT2D eigenvalue weighted by Crippen LogP contribution is -2.46. The smallest absolute Gasteiger partial charge is 0.326 e. The highest BCUT2D eigenvalue weighted by Gasteiger charge is 2.22. The molecule has 0 saturated carbocycles. The molecule has 3 N–H and O–H groups in total. The number of amides is 2. The molecular weight excluding hydrogens is 262 g/mol. The highest BCUT2D eigenvalue weighted by molar-refractivity contribution is 5.82. The summed E-state index contributed by atoms with van der Waals surface area (Å²) in [5.41, 5.74) is 1.51. The molecule has 2 atom stereocenters. The second kappa shape index (κ2) is 6.93. The molecule has 0 fully saturated rings. The topological polar surface area (TPSA) is 104 Å². The minimum atomic E-state index is -1.04. The molecule has 1 rings (SSSR count). The molecule has 0 saturated heterocycles. The van der Waals surface area contributed by atoms with Crippen molar-refractivity contribution in [2.24, 2.45) is 0 Å². The Labute approximate surface area is 117 Å². The number of carbonyl (C=O) groups excluding carboxylic acids is 1. The fourth-order valence-corrected chi connectivity index (χ4v) is 2.12. The molecule has 0 aliphatic rings. The highest BCUT2D eigenvalue weighted by Crippen LogP contribution is 2.20. The molecule has 1 aromatic rings. The molecule has 1 aromatic heterocycles. The predicted molar refractivity (Wildman–Crippen MR) is 72.4 cm³/mol. The summed E-state index contributed by atoms with van der Waals surface area (Å²) in [4.78, 5) is 22.8. The van der Waals surface area contributed by atoms with Gasteiger partial charge in [0.1, 0.15) is 11.8 Å². The average molecular weight is 283 g/mol. The summed E-state index contributed by atoms with van der Waals surface area (Å²) in [6, 6.07) is -1.70. The number of hydrogen-bond donors (Lipinski definition) is 3. The summed E-state index contributed by atoms with van der Waals surface area (Å²) in [5.74, 6) is -0.398. The van der Waals surface area contributed by atoms with Crippen LogP contribution in [-0.4, -0.2) is 28.3 Å². The second-order valence-electron chi connectivity index (χ2n) is 4.76. The maximum atomic E-state index is 11.8. The van der Waals surface area contributed by atoms with Gasteiger partial charge in [0, 0.05) is 5.56 Å². The number of carboxylic acid groups (broad SMARTS) is 1. The summed E-state index contributed by atoms with van der Waals surface area (Å²) < 4.78 is 5.04. The predicted octanol–water partition coefficient (Wildman–Crippen LogP) is 1.90. The first kappa shape index (κ1) is 16.0. The van der Waals surface area contributed by atoms with Crippen molar-refractivity contribution in [3.05, 3.63) is 17.0 Å². The van der Waals surface area contributed by atoms with E-state index in [1.165, 1.54) is 0 Å². The fourth-order valence-electron chi connectivity index (χ4n) is 2.12. The Morgan fingerprint density at radius 1 is 1.35 bits per heavy atom. The molecule has 20 heavy (non-hydrogen) atoms. The molecule has 0 aliphatic heterocycles. The molecule has 2 amide bonds. The van der Waals surface area contributed by atoms with E-state index in [1.807, 2.05) is 6.92 Å². The zero-order valence-electron chi connectivity index (χ0n) is 12.2. The standard InChI is InChI=1S/C13H21N3O4/c1-5-6-10(12(17)18)15-13(19)14-7(2)11-8(3)16-20-9(11)4/h7,10H,5-6H2,1-4H3,(H,17,18)(H2,14,15,19)/t7?,10-/m1/s1. The molecule has 0 aromatic carbocycles. The van der Waals surface area contributed by atoms with Gasteiger partial charge in [-0.25, -0.2) is 9.59 Å². The van der Waals surface area contributed by atoms with Gasteiger partial charge in [-0.1, -0.05) is 18.5 Å². The van der Waals surface area contributed by atoms with Crippen LogP contribution in [0.3, 0.4) is 0 Å². The van der Waals surface area contributed by atoms with Crippen LogP contribution in [0.1, 0.15) is 49.7 Å². The van der Waals surface area contributed by atoms with Gasteiger partial charge in [0.05, 0.1) is 11.7 Å². The van der Waals surface area contributed by atoms with Gasteiger partial charge < -0.3 is 20.3 Å². The van der Waals surface area contributed by atoms with E-state index in [0.29, 0.717) is 24.3 Å². The van der Waals surface area contributed by atoms with Crippen molar-refractivity contribution in [2.75, 3.05) is 0 Å². The second-order valence-corrected chi connectivity index (χ2v) is 4.76. The van der Waals surface area contributed by atoms with Crippen LogP contribution in [0.25, 0.3) is 0 Å². The number of aliphatic carboxylic acids is 1. The van der Waals surface area contributed by atoms with Crippen LogP contribution >= 0.6 is 0 Å². The normalized spacial score (nSPS) is 13.6. The van der Waals surface area contributed by atoms with Gasteiger partial charge >= 0.3 is 12.0 Å². The zero-order valence-corrected chi connectivity index (χ0v) is 12.2. The van der Waals surface area contributed by atoms with Crippen LogP contribution in [0.5, 0.6) is 0 Å². The van der Waals surface area contributed by atoms with Crippen molar-refractivity contribution in [1.82, 2.24) is 15.8 Å². The first-order valence-electron chi connectivity index (χ1n) is 6.59. The summed E-state index contributed by atoms with van der Waals surface area (Å²) in [6.07, 6.45) is 1.07. The Morgan fingerprint density at radius 3 is 2.45 bits per heavy atom. The van der Waals surface area contributed by atoms with Crippen molar-refractivity contribution in [3.63, 3.8) is 0 Å². The van der Waals surface area contributed by atoms with E-state index in [-0.39, 0.29) is 6.04 Å². The summed E-state index contributed by atoms with van der Waals surface area (Å²) >= 11 is 0. The molecular formula is C13H21N3O4. The maximum Gasteiger partial charge on any atom is 0.326 e. The third kappa shape index (κ3) is 3.97. The molecule has 7 heteroatoms. The Bertz CT molecular complexity index is 464. The van der Waals surface area contributed by atoms with Crippen LogP contribution < -0.4 is 10.6 Å². The van der Waals surface area contributed by atoms with Crippen molar-refractivity contribution < 1.29 is 19.2 Å². The Hall–Kier alpha value is -2.05. The molecule has 0 radical (unpaired) electrons. The average Bonchev–Trinajstić information content (AvgIpc) is 2.68. The molecule has 7 nitrogen and oxygen atoms in total. The minimum absolute atomic E-state index is 0.308. The van der Waals surface area contributed by atoms with Gasteiger partial charge in [-0.15, -0.1) is 0 Å². The van der Waals surface area contributed by atoms with Crippen LogP contribution in [0, 0.1) is 13.8 Å². The number of carboxylic acids is 1. The van der Waals surface area contributed by atoms with E-state index in [4.69, 9.17) is 9.63 Å². The van der Waals surface area contributed by atoms with Gasteiger partial charge in [0.25, 0.3) is 0 Å². The van der Waals surface area contributed by atoms with Crippen LogP contribution in [-0.2, 0) is 4.79 Å². The molecule has 1 heterocycles. The SMILES string of the molecule is CCC[C@@H](NC(=O)NC(C)c1c(C)noc1C)C(=O)O. The van der Waals surface area contributed by atoms with E-state index in [1.54, 1.807) is 20.8 Å². The van der Waals surface area contributed by atoms with Gasteiger partial charge in [0.15, 0.2) is 0 Å². The number of carbonyl (C=O) groups is 2. The Balaban J connectivity index is 2.64. The molecule has 0 aliphatic carbocycles. The molecule has 1 unspecified atom stereocenters. The number of aryl methyl sites for hydroxylation is 2. The third-order valence-electron chi connectivity index (χ3n) is 3.05. The zero-order chi connectivity index (χ0) is 15.3. The number of rotatable bonds is 6. The van der Waals surface area contributed by atoms with Crippen molar-refractivity contribution >= 4 is 12.0 Å². The number of hydrogen-bond acceptors (Lipinski definition) is 4. The van der Waals surface area contributed by atoms with Gasteiger partial charge in [-0.05, 0) is 27.2 Å². The van der Waals surface area contributed by atoms with Crippen LogP contribution in [0.4, 0.5) is 4.79 Å². The summed E-state index contributed by atoms with van der Waals surface area (Å²) in [7, 11) is 0. The van der Waals surface area contributed by atoms with E-state index in [2.05, 4.69) is 15.8 Å². The first-order valence-corrected chi connectivity index (χ1v) is 6.59. The number of aromatic nitrogens is 1. The lowest BCUT2D eigenvalue weighted by Gasteiger charge is -2.18. The third-order valence-corrected chi connectivity index (χ3v) is 3.05. The van der Waals surface area contributed by atoms with Crippen molar-refractivity contribution in [2.45, 2.75) is 52.6 Å². The monoisotopic (exact) mass is 283 g/mol. The number of nitrogens with zero attached hydrogens (tertiary/aromatic N) is 1. The molecule has 0 bridgehead atoms. The Kier molecular flexibility index (Phi) is 5.54.